The van der Waals surface area contributed by atoms with E-state index in [-0.39, 0.29) is 0 Å². The summed E-state index contributed by atoms with van der Waals surface area (Å²) in [7, 11) is 4.09. The Labute approximate surface area is 152 Å². The monoisotopic (exact) mass is 335 g/mol. The molecule has 0 spiro atoms. The van der Waals surface area contributed by atoms with E-state index in [2.05, 4.69) is 77.5 Å². The molecular weight excluding hydrogens is 306 g/mol. The molecule has 0 bridgehead atoms. The fraction of sp³-hybridized carbons (Fsp3) is 0.318. The molecule has 0 fully saturated rings. The van der Waals surface area contributed by atoms with Crippen molar-refractivity contribution in [3.63, 3.8) is 0 Å². The molecule has 3 heteroatoms. The molecule has 2 rings (SSSR count). The van der Waals surface area contributed by atoms with Crippen molar-refractivity contribution in [2.45, 2.75) is 33.2 Å². The van der Waals surface area contributed by atoms with Crippen molar-refractivity contribution in [2.75, 3.05) is 14.1 Å². The van der Waals surface area contributed by atoms with Crippen LogP contribution in [0.5, 0.6) is 0 Å². The third-order valence-electron chi connectivity index (χ3n) is 4.43. The van der Waals surface area contributed by atoms with E-state index in [1.54, 1.807) is 0 Å². The average molecular weight is 335 g/mol. The fourth-order valence-corrected chi connectivity index (χ4v) is 3.19. The molecule has 0 radical (unpaired) electrons. The van der Waals surface area contributed by atoms with E-state index in [9.17, 15) is 0 Å². The largest absolute Gasteiger partial charge is 0.376 e. The lowest BCUT2D eigenvalue weighted by Gasteiger charge is -2.30. The van der Waals surface area contributed by atoms with Crippen LogP contribution in [0.3, 0.4) is 0 Å². The highest BCUT2D eigenvalue weighted by Crippen LogP contribution is 2.29. The Balaban J connectivity index is 2.46. The van der Waals surface area contributed by atoms with Gasteiger partial charge in [0.1, 0.15) is 0 Å². The maximum absolute atomic E-state index is 4.20. The predicted molar refractivity (Wildman–Crippen MR) is 109 cm³/mol. The van der Waals surface area contributed by atoms with Crippen LogP contribution in [0.4, 0.5) is 0 Å². The van der Waals surface area contributed by atoms with Gasteiger partial charge in [-0.15, -0.1) is 0 Å². The first-order valence-electron chi connectivity index (χ1n) is 8.67. The van der Waals surface area contributed by atoms with Crippen LogP contribution < -0.4 is 0 Å². The van der Waals surface area contributed by atoms with Crippen molar-refractivity contribution in [2.24, 2.45) is 4.99 Å². The number of hydrogen-bond donors (Lipinski definition) is 0. The van der Waals surface area contributed by atoms with Crippen LogP contribution >= 0.6 is 0 Å². The highest BCUT2D eigenvalue weighted by Gasteiger charge is 2.17. The van der Waals surface area contributed by atoms with Gasteiger partial charge in [0, 0.05) is 37.6 Å². The number of hydrogen-bond acceptors (Lipinski definition) is 3. The van der Waals surface area contributed by atoms with Gasteiger partial charge >= 0.3 is 0 Å². The Bertz CT molecular complexity index is 735. The second kappa shape index (κ2) is 8.52. The summed E-state index contributed by atoms with van der Waals surface area (Å²) >= 11 is 0. The van der Waals surface area contributed by atoms with Crippen LogP contribution in [0, 0.1) is 0 Å². The Morgan fingerprint density at radius 1 is 1.20 bits per heavy atom. The summed E-state index contributed by atoms with van der Waals surface area (Å²) in [5.41, 5.74) is 6.86. The molecule has 1 aliphatic carbocycles. The molecule has 0 atom stereocenters. The fourth-order valence-electron chi connectivity index (χ4n) is 3.19. The summed E-state index contributed by atoms with van der Waals surface area (Å²) in [4.78, 5) is 8.59. The van der Waals surface area contributed by atoms with E-state index >= 15 is 0 Å². The molecule has 0 aromatic heterocycles. The molecule has 1 aromatic rings. The lowest BCUT2D eigenvalue weighted by atomic mass is 10.0. The van der Waals surface area contributed by atoms with Gasteiger partial charge in [-0.2, -0.15) is 0 Å². The van der Waals surface area contributed by atoms with Crippen molar-refractivity contribution >= 4 is 12.4 Å². The third-order valence-corrected chi connectivity index (χ3v) is 4.43. The minimum absolute atomic E-state index is 0.799. The Morgan fingerprint density at radius 2 is 1.92 bits per heavy atom. The average Bonchev–Trinajstić information content (AvgIpc) is 2.61. The van der Waals surface area contributed by atoms with Gasteiger partial charge in [-0.1, -0.05) is 43.0 Å². The van der Waals surface area contributed by atoms with Crippen molar-refractivity contribution in [1.82, 2.24) is 9.80 Å². The standard InChI is InChI=1S/C22H29N3/c1-17(2)25(20-13-8-7-9-14-20)16-19-12-10-11-15-21(19)22(24(5)6)18(3)23-4/h7-8,10-13,15H,1,4,9,14,16H2,2-3,5-6H3/b22-18-. The summed E-state index contributed by atoms with van der Waals surface area (Å²) in [6, 6.07) is 8.51. The van der Waals surface area contributed by atoms with E-state index in [4.69, 9.17) is 0 Å². The van der Waals surface area contributed by atoms with Gasteiger partial charge < -0.3 is 9.80 Å². The van der Waals surface area contributed by atoms with Crippen LogP contribution in [0.15, 0.2) is 71.2 Å². The van der Waals surface area contributed by atoms with E-state index in [1.165, 1.54) is 16.8 Å². The summed E-state index contributed by atoms with van der Waals surface area (Å²) < 4.78 is 0. The molecule has 0 amide bonds. The van der Waals surface area contributed by atoms with Crippen LogP contribution in [-0.2, 0) is 6.54 Å². The van der Waals surface area contributed by atoms with E-state index in [0.29, 0.717) is 0 Å². The first kappa shape index (κ1) is 18.8. The maximum Gasteiger partial charge on any atom is 0.0653 e. The van der Waals surface area contributed by atoms with Crippen LogP contribution in [0.25, 0.3) is 5.70 Å². The summed E-state index contributed by atoms with van der Waals surface area (Å²) in [6.45, 7) is 12.8. The molecule has 0 saturated carbocycles. The minimum Gasteiger partial charge on any atom is -0.376 e. The van der Waals surface area contributed by atoms with E-state index in [1.807, 2.05) is 21.0 Å². The first-order chi connectivity index (χ1) is 12.0. The summed E-state index contributed by atoms with van der Waals surface area (Å²) in [5.74, 6) is 0. The number of allylic oxidation sites excluding steroid dienone is 6. The quantitative estimate of drug-likeness (QED) is 0.637. The zero-order chi connectivity index (χ0) is 18.4. The minimum atomic E-state index is 0.799. The normalized spacial score (nSPS) is 14.5. The molecule has 25 heavy (non-hydrogen) atoms. The van der Waals surface area contributed by atoms with Gasteiger partial charge in [-0.25, -0.2) is 0 Å². The number of nitrogens with zero attached hydrogens (tertiary/aromatic N) is 3. The molecule has 0 saturated heterocycles. The lowest BCUT2D eigenvalue weighted by molar-refractivity contribution is 0.404. The predicted octanol–water partition coefficient (Wildman–Crippen LogP) is 5.21. The topological polar surface area (TPSA) is 18.8 Å². The molecular formula is C22H29N3. The molecule has 0 unspecified atom stereocenters. The Kier molecular flexibility index (Phi) is 6.40. The molecule has 1 aromatic carbocycles. The van der Waals surface area contributed by atoms with Crippen LogP contribution in [0.1, 0.15) is 37.8 Å². The van der Waals surface area contributed by atoms with Gasteiger partial charge in [0.05, 0.1) is 11.4 Å². The third kappa shape index (κ3) is 4.50. The van der Waals surface area contributed by atoms with E-state index in [0.717, 1.165) is 36.5 Å². The SMILES string of the molecule is C=N/C(C)=C(/c1ccccc1CN(C(=C)C)C1=CC=CCC1)N(C)C. The maximum atomic E-state index is 4.20. The van der Waals surface area contributed by atoms with Crippen LogP contribution in [-0.4, -0.2) is 30.6 Å². The van der Waals surface area contributed by atoms with Crippen LogP contribution in [0.2, 0.25) is 0 Å². The van der Waals surface area contributed by atoms with Crippen molar-refractivity contribution < 1.29 is 0 Å². The summed E-state index contributed by atoms with van der Waals surface area (Å²) in [6.07, 6.45) is 8.67. The van der Waals surface area contributed by atoms with Gasteiger partial charge in [0.15, 0.2) is 0 Å². The summed E-state index contributed by atoms with van der Waals surface area (Å²) in [5, 5.41) is 0. The highest BCUT2D eigenvalue weighted by atomic mass is 15.1. The van der Waals surface area contributed by atoms with Crippen molar-refractivity contribution in [3.8, 4) is 0 Å². The molecule has 0 N–H and O–H groups in total. The number of benzene rings is 1. The lowest BCUT2D eigenvalue weighted by Crippen LogP contribution is -2.22. The van der Waals surface area contributed by atoms with Gasteiger partial charge in [0.25, 0.3) is 0 Å². The molecule has 1 aliphatic rings. The highest BCUT2D eigenvalue weighted by molar-refractivity contribution is 5.69. The van der Waals surface area contributed by atoms with Crippen molar-refractivity contribution in [3.05, 3.63) is 77.3 Å². The van der Waals surface area contributed by atoms with Gasteiger partial charge in [-0.3, -0.25) is 4.99 Å². The zero-order valence-electron chi connectivity index (χ0n) is 15.9. The molecule has 0 heterocycles. The molecule has 3 nitrogen and oxygen atoms in total. The smallest absolute Gasteiger partial charge is 0.0653 e. The number of aliphatic imine (C=N–C) groups is 1. The van der Waals surface area contributed by atoms with Crippen molar-refractivity contribution in [1.29, 1.82) is 0 Å². The second-order valence-electron chi connectivity index (χ2n) is 6.59. The number of rotatable bonds is 7. The Morgan fingerprint density at radius 3 is 2.48 bits per heavy atom. The Hall–Kier alpha value is -2.55. The second-order valence-corrected chi connectivity index (χ2v) is 6.59. The molecule has 0 aliphatic heterocycles. The first-order valence-corrected chi connectivity index (χ1v) is 8.67. The molecule has 132 valence electrons. The zero-order valence-corrected chi connectivity index (χ0v) is 15.9. The van der Waals surface area contributed by atoms with Gasteiger partial charge in [0.2, 0.25) is 0 Å². The van der Waals surface area contributed by atoms with Gasteiger partial charge in [-0.05, 0) is 45.0 Å². The van der Waals surface area contributed by atoms with E-state index < -0.39 is 0 Å².